The number of furan rings is 1. The summed E-state index contributed by atoms with van der Waals surface area (Å²) < 4.78 is 11.2. The van der Waals surface area contributed by atoms with Gasteiger partial charge in [-0.05, 0) is 50.6 Å². The molecule has 1 aromatic heterocycles. The van der Waals surface area contributed by atoms with Gasteiger partial charge < -0.3 is 14.5 Å². The van der Waals surface area contributed by atoms with Crippen LogP contribution < -0.4 is 5.32 Å². The van der Waals surface area contributed by atoms with Crippen LogP contribution in [0.4, 0.5) is 5.69 Å². The third-order valence-electron chi connectivity index (χ3n) is 4.32. The van der Waals surface area contributed by atoms with Crippen molar-refractivity contribution in [2.75, 3.05) is 18.4 Å². The number of carbonyl (C=O) groups is 1. The molecule has 1 aliphatic heterocycles. The van der Waals surface area contributed by atoms with E-state index in [0.29, 0.717) is 5.76 Å². The second-order valence-corrected chi connectivity index (χ2v) is 6.88. The highest BCUT2D eigenvalue weighted by Gasteiger charge is 2.22. The number of nitrogens with zero attached hydrogens (tertiary/aromatic N) is 1. The van der Waals surface area contributed by atoms with E-state index in [4.69, 9.17) is 9.15 Å². The van der Waals surface area contributed by atoms with E-state index in [1.165, 1.54) is 6.08 Å². The summed E-state index contributed by atoms with van der Waals surface area (Å²) in [5.74, 6) is 1.32. The first-order valence-electron chi connectivity index (χ1n) is 9.01. The van der Waals surface area contributed by atoms with Crippen molar-refractivity contribution in [3.05, 3.63) is 59.6 Å². The average Bonchev–Trinajstić information content (AvgIpc) is 2.99. The number of hydrogen-bond acceptors (Lipinski definition) is 4. The van der Waals surface area contributed by atoms with Crippen LogP contribution in [0.25, 0.3) is 6.08 Å². The fourth-order valence-electron chi connectivity index (χ4n) is 3.31. The number of benzene rings is 1. The number of anilines is 1. The van der Waals surface area contributed by atoms with Gasteiger partial charge in [-0.25, -0.2) is 0 Å². The van der Waals surface area contributed by atoms with Crippen LogP contribution in [0, 0.1) is 6.92 Å². The van der Waals surface area contributed by atoms with Gasteiger partial charge in [0.25, 0.3) is 0 Å². The number of hydrogen-bond donors (Lipinski definition) is 1. The minimum absolute atomic E-state index is 0.171. The van der Waals surface area contributed by atoms with Crippen LogP contribution in [0.15, 0.2) is 46.9 Å². The standard InChI is InChI=1S/C21H26N2O3/c1-15-8-9-19(26-15)10-11-21(24)22-20-7-5-4-6-18(20)14-23-12-16(2)25-17(3)13-23/h4-11,16-17H,12-14H2,1-3H3,(H,22,24). The van der Waals surface area contributed by atoms with Gasteiger partial charge in [-0.2, -0.15) is 0 Å². The zero-order valence-electron chi connectivity index (χ0n) is 15.6. The lowest BCUT2D eigenvalue weighted by atomic mass is 10.1. The molecule has 26 heavy (non-hydrogen) atoms. The number of carbonyl (C=O) groups excluding carboxylic acids is 1. The fraction of sp³-hybridized carbons (Fsp3) is 0.381. The van der Waals surface area contributed by atoms with Gasteiger partial charge in [-0.15, -0.1) is 0 Å². The first-order valence-corrected chi connectivity index (χ1v) is 9.01. The summed E-state index contributed by atoms with van der Waals surface area (Å²) in [6, 6.07) is 11.6. The van der Waals surface area contributed by atoms with E-state index in [1.54, 1.807) is 6.08 Å². The van der Waals surface area contributed by atoms with Gasteiger partial charge in [-0.1, -0.05) is 18.2 Å². The number of morpholine rings is 1. The van der Waals surface area contributed by atoms with E-state index in [0.717, 1.165) is 36.6 Å². The zero-order chi connectivity index (χ0) is 18.5. The van der Waals surface area contributed by atoms with Gasteiger partial charge in [0.15, 0.2) is 0 Å². The number of nitrogens with one attached hydrogen (secondary N) is 1. The molecule has 5 nitrogen and oxygen atoms in total. The van der Waals surface area contributed by atoms with Gasteiger partial charge in [0.2, 0.25) is 5.91 Å². The number of rotatable bonds is 5. The van der Waals surface area contributed by atoms with Crippen molar-refractivity contribution in [1.29, 1.82) is 0 Å². The summed E-state index contributed by atoms with van der Waals surface area (Å²) in [6.45, 7) is 8.64. The van der Waals surface area contributed by atoms with Crippen LogP contribution in [0.3, 0.4) is 0 Å². The number of ether oxygens (including phenoxy) is 1. The first-order chi connectivity index (χ1) is 12.5. The molecule has 138 valence electrons. The molecule has 2 aromatic rings. The van der Waals surface area contributed by atoms with Crippen LogP contribution >= 0.6 is 0 Å². The fourth-order valence-corrected chi connectivity index (χ4v) is 3.31. The van der Waals surface area contributed by atoms with Crippen LogP contribution in [-0.2, 0) is 16.1 Å². The second kappa shape index (κ2) is 8.34. The Morgan fingerprint density at radius 3 is 2.62 bits per heavy atom. The van der Waals surface area contributed by atoms with Gasteiger partial charge in [0, 0.05) is 31.4 Å². The first kappa shape index (κ1) is 18.4. The van der Waals surface area contributed by atoms with Crippen molar-refractivity contribution < 1.29 is 13.9 Å². The van der Waals surface area contributed by atoms with Crippen LogP contribution in [-0.4, -0.2) is 36.1 Å². The maximum atomic E-state index is 12.3. The van der Waals surface area contributed by atoms with E-state index >= 15 is 0 Å². The molecule has 2 atom stereocenters. The Labute approximate surface area is 154 Å². The molecule has 1 aromatic carbocycles. The molecule has 3 rings (SSSR count). The lowest BCUT2D eigenvalue weighted by Gasteiger charge is -2.35. The lowest BCUT2D eigenvalue weighted by Crippen LogP contribution is -2.44. The van der Waals surface area contributed by atoms with Crippen molar-refractivity contribution in [2.45, 2.75) is 39.5 Å². The van der Waals surface area contributed by atoms with Gasteiger partial charge >= 0.3 is 0 Å². The molecule has 2 unspecified atom stereocenters. The summed E-state index contributed by atoms with van der Waals surface area (Å²) in [6.07, 6.45) is 3.62. The third kappa shape index (κ3) is 5.07. The predicted octanol–water partition coefficient (Wildman–Crippen LogP) is 3.85. The van der Waals surface area contributed by atoms with Crippen LogP contribution in [0.2, 0.25) is 0 Å². The zero-order valence-corrected chi connectivity index (χ0v) is 15.6. The summed E-state index contributed by atoms with van der Waals surface area (Å²) >= 11 is 0. The molecule has 1 fully saturated rings. The molecule has 0 aliphatic carbocycles. The molecular weight excluding hydrogens is 328 g/mol. The molecule has 2 heterocycles. The smallest absolute Gasteiger partial charge is 0.248 e. The molecule has 1 aliphatic rings. The molecule has 0 radical (unpaired) electrons. The lowest BCUT2D eigenvalue weighted by molar-refractivity contribution is -0.111. The van der Waals surface area contributed by atoms with E-state index in [2.05, 4.69) is 30.1 Å². The van der Waals surface area contributed by atoms with Gasteiger partial charge in [-0.3, -0.25) is 9.69 Å². The summed E-state index contributed by atoms with van der Waals surface area (Å²) in [4.78, 5) is 14.6. The Bertz CT molecular complexity index is 771. The normalized spacial score (nSPS) is 21.2. The van der Waals surface area contributed by atoms with E-state index < -0.39 is 0 Å². The van der Waals surface area contributed by atoms with Gasteiger partial charge in [0.05, 0.1) is 12.2 Å². The van der Waals surface area contributed by atoms with E-state index in [-0.39, 0.29) is 18.1 Å². The third-order valence-corrected chi connectivity index (χ3v) is 4.32. The highest BCUT2D eigenvalue weighted by atomic mass is 16.5. The maximum Gasteiger partial charge on any atom is 0.248 e. The van der Waals surface area contributed by atoms with E-state index in [9.17, 15) is 4.79 Å². The van der Waals surface area contributed by atoms with E-state index in [1.807, 2.05) is 37.3 Å². The Balaban J connectivity index is 1.65. The minimum Gasteiger partial charge on any atom is -0.462 e. The largest absolute Gasteiger partial charge is 0.462 e. The molecule has 1 saturated heterocycles. The molecule has 1 N–H and O–H groups in total. The molecule has 0 bridgehead atoms. The topological polar surface area (TPSA) is 54.7 Å². The van der Waals surface area contributed by atoms with Crippen molar-refractivity contribution in [3.63, 3.8) is 0 Å². The Morgan fingerprint density at radius 2 is 1.92 bits per heavy atom. The molecule has 0 saturated carbocycles. The highest BCUT2D eigenvalue weighted by molar-refractivity contribution is 6.02. The Morgan fingerprint density at radius 1 is 1.19 bits per heavy atom. The van der Waals surface area contributed by atoms with Gasteiger partial charge in [0.1, 0.15) is 11.5 Å². The van der Waals surface area contributed by atoms with Crippen LogP contribution in [0.5, 0.6) is 0 Å². The summed E-state index contributed by atoms with van der Waals surface area (Å²) in [7, 11) is 0. The van der Waals surface area contributed by atoms with Crippen molar-refractivity contribution in [3.8, 4) is 0 Å². The van der Waals surface area contributed by atoms with Crippen molar-refractivity contribution in [2.24, 2.45) is 0 Å². The second-order valence-electron chi connectivity index (χ2n) is 6.88. The Hall–Kier alpha value is -2.37. The number of para-hydroxylation sites is 1. The highest BCUT2D eigenvalue weighted by Crippen LogP contribution is 2.20. The predicted molar refractivity (Wildman–Crippen MR) is 103 cm³/mol. The summed E-state index contributed by atoms with van der Waals surface area (Å²) in [5, 5.41) is 2.97. The average molecular weight is 354 g/mol. The molecular formula is C21H26N2O3. The quantitative estimate of drug-likeness (QED) is 0.829. The van der Waals surface area contributed by atoms with Crippen molar-refractivity contribution >= 4 is 17.7 Å². The maximum absolute atomic E-state index is 12.3. The SMILES string of the molecule is Cc1ccc(C=CC(=O)Nc2ccccc2CN2CC(C)OC(C)C2)o1. The number of amides is 1. The van der Waals surface area contributed by atoms with Crippen molar-refractivity contribution in [1.82, 2.24) is 4.90 Å². The Kier molecular flexibility index (Phi) is 5.91. The minimum atomic E-state index is -0.171. The monoisotopic (exact) mass is 354 g/mol. The van der Waals surface area contributed by atoms with Crippen LogP contribution in [0.1, 0.15) is 30.9 Å². The number of aryl methyl sites for hydroxylation is 1. The molecule has 0 spiro atoms. The molecule has 1 amide bonds. The summed E-state index contributed by atoms with van der Waals surface area (Å²) in [5.41, 5.74) is 1.94. The molecule has 5 heteroatoms.